The zero-order valence-corrected chi connectivity index (χ0v) is 12.4. The second kappa shape index (κ2) is 7.64. The summed E-state index contributed by atoms with van der Waals surface area (Å²) in [5.41, 5.74) is 11.3. The number of carbonyl (C=O) groups excluding carboxylic acids is 1. The topological polar surface area (TPSA) is 125 Å². The largest absolute Gasteiger partial charge is 0.448 e. The maximum atomic E-state index is 12.2. The number of carbonyl (C=O) groups is 1. The molecule has 1 amide bonds. The Labute approximate surface area is 123 Å². The molecule has 0 aliphatic rings. The van der Waals surface area contributed by atoms with E-state index >= 15 is 0 Å². The Hall–Kier alpha value is -2.08. The average molecular weight is 311 g/mol. The summed E-state index contributed by atoms with van der Waals surface area (Å²) in [4.78, 5) is 10.4. The summed E-state index contributed by atoms with van der Waals surface area (Å²) < 4.78 is 31.1. The van der Waals surface area contributed by atoms with Crippen LogP contribution in [0.4, 0.5) is 4.79 Å². The van der Waals surface area contributed by atoms with Gasteiger partial charge in [-0.25, -0.2) is 17.9 Å². The van der Waals surface area contributed by atoms with Crippen molar-refractivity contribution >= 4 is 16.1 Å². The van der Waals surface area contributed by atoms with Crippen LogP contribution in [0.25, 0.3) is 0 Å². The molecule has 1 aromatic carbocycles. The fourth-order valence-corrected chi connectivity index (χ4v) is 2.68. The third kappa shape index (κ3) is 5.43. The minimum Gasteiger partial charge on any atom is -0.448 e. The van der Waals surface area contributed by atoms with Crippen LogP contribution < -0.4 is 16.2 Å². The molecule has 0 radical (unpaired) electrons. The first-order valence-corrected chi connectivity index (χ1v) is 7.56. The summed E-state index contributed by atoms with van der Waals surface area (Å²) in [7, 11) is -3.76. The number of hydrogen-bond acceptors (Lipinski definition) is 5. The Morgan fingerprint density at radius 2 is 2.14 bits per heavy atom. The van der Waals surface area contributed by atoms with Gasteiger partial charge in [0.05, 0.1) is 11.4 Å². The minimum atomic E-state index is -3.76. The van der Waals surface area contributed by atoms with E-state index in [0.717, 1.165) is 5.56 Å². The molecule has 114 valence electrons. The zero-order valence-electron chi connectivity index (χ0n) is 11.5. The molecule has 0 bridgehead atoms. The van der Waals surface area contributed by atoms with Crippen LogP contribution in [0.3, 0.4) is 0 Å². The van der Waals surface area contributed by atoms with E-state index in [1.807, 2.05) is 6.92 Å². The van der Waals surface area contributed by atoms with Crippen molar-refractivity contribution in [1.82, 2.24) is 4.72 Å². The summed E-state index contributed by atoms with van der Waals surface area (Å²) in [6.07, 6.45) is -0.959. The molecule has 0 saturated heterocycles. The molecule has 0 atom stereocenters. The SMILES string of the molecule is Cc1ccc(S(=O)(=O)NCCOC(N)=O)c(C#CCN)c1. The van der Waals surface area contributed by atoms with Gasteiger partial charge in [0, 0.05) is 12.1 Å². The van der Waals surface area contributed by atoms with Gasteiger partial charge in [-0.2, -0.15) is 0 Å². The third-order valence-corrected chi connectivity index (χ3v) is 3.91. The lowest BCUT2D eigenvalue weighted by atomic mass is 10.1. The van der Waals surface area contributed by atoms with E-state index in [4.69, 9.17) is 11.5 Å². The summed E-state index contributed by atoms with van der Waals surface area (Å²) >= 11 is 0. The molecular formula is C13H17N3O4S. The molecular weight excluding hydrogens is 294 g/mol. The van der Waals surface area contributed by atoms with Crippen LogP contribution in [0.1, 0.15) is 11.1 Å². The van der Waals surface area contributed by atoms with E-state index in [2.05, 4.69) is 21.3 Å². The Balaban J connectivity index is 2.94. The molecule has 0 unspecified atom stereocenters. The van der Waals surface area contributed by atoms with E-state index in [9.17, 15) is 13.2 Å². The van der Waals surface area contributed by atoms with Gasteiger partial charge >= 0.3 is 6.09 Å². The zero-order chi connectivity index (χ0) is 15.9. The average Bonchev–Trinajstić information content (AvgIpc) is 2.41. The highest BCUT2D eigenvalue weighted by molar-refractivity contribution is 7.89. The van der Waals surface area contributed by atoms with Crippen LogP contribution in [0.5, 0.6) is 0 Å². The smallest absolute Gasteiger partial charge is 0.404 e. The van der Waals surface area contributed by atoms with Crippen LogP contribution in [0.15, 0.2) is 23.1 Å². The van der Waals surface area contributed by atoms with E-state index in [1.165, 1.54) is 6.07 Å². The molecule has 0 aliphatic carbocycles. The number of rotatable bonds is 5. The van der Waals surface area contributed by atoms with Gasteiger partial charge in [-0.1, -0.05) is 17.9 Å². The fraction of sp³-hybridized carbons (Fsp3) is 0.308. The number of hydrogen-bond donors (Lipinski definition) is 3. The molecule has 0 spiro atoms. The lowest BCUT2D eigenvalue weighted by molar-refractivity contribution is 0.159. The Kier molecular flexibility index (Phi) is 6.17. The van der Waals surface area contributed by atoms with Crippen molar-refractivity contribution in [2.24, 2.45) is 11.5 Å². The van der Waals surface area contributed by atoms with Crippen LogP contribution in [-0.2, 0) is 14.8 Å². The van der Waals surface area contributed by atoms with Gasteiger partial charge in [-0.05, 0) is 24.6 Å². The quantitative estimate of drug-likeness (QED) is 0.507. The van der Waals surface area contributed by atoms with Crippen LogP contribution in [0.2, 0.25) is 0 Å². The maximum Gasteiger partial charge on any atom is 0.404 e. The fourth-order valence-electron chi connectivity index (χ4n) is 1.53. The van der Waals surface area contributed by atoms with Gasteiger partial charge in [0.2, 0.25) is 10.0 Å². The molecule has 8 heteroatoms. The number of primary amides is 1. The Morgan fingerprint density at radius 1 is 1.43 bits per heavy atom. The van der Waals surface area contributed by atoms with Crippen molar-refractivity contribution < 1.29 is 17.9 Å². The number of nitrogens with one attached hydrogen (secondary N) is 1. The van der Waals surface area contributed by atoms with Crippen LogP contribution in [-0.4, -0.2) is 34.2 Å². The van der Waals surface area contributed by atoms with Crippen LogP contribution >= 0.6 is 0 Å². The monoisotopic (exact) mass is 311 g/mol. The molecule has 0 heterocycles. The first kappa shape index (κ1) is 17.0. The highest BCUT2D eigenvalue weighted by Crippen LogP contribution is 2.16. The molecule has 1 aromatic rings. The standard InChI is InChI=1S/C13H17N3O4S/c1-10-4-5-12(11(9-10)3-2-6-14)21(18,19)16-7-8-20-13(15)17/h4-5,9,16H,6-8,14H2,1H3,(H2,15,17). The van der Waals surface area contributed by atoms with Crippen molar-refractivity contribution in [2.75, 3.05) is 19.7 Å². The summed E-state index contributed by atoms with van der Waals surface area (Å²) in [5.74, 6) is 5.36. The summed E-state index contributed by atoms with van der Waals surface area (Å²) in [6, 6.07) is 4.80. The van der Waals surface area contributed by atoms with Gasteiger partial charge < -0.3 is 16.2 Å². The summed E-state index contributed by atoms with van der Waals surface area (Å²) in [6.45, 7) is 1.73. The van der Waals surface area contributed by atoms with Crippen LogP contribution in [0, 0.1) is 18.8 Å². The second-order valence-electron chi connectivity index (χ2n) is 4.07. The van der Waals surface area contributed by atoms with Gasteiger partial charge in [0.15, 0.2) is 0 Å². The highest BCUT2D eigenvalue weighted by Gasteiger charge is 2.17. The predicted molar refractivity (Wildman–Crippen MR) is 77.8 cm³/mol. The number of benzene rings is 1. The van der Waals surface area contributed by atoms with Crippen molar-refractivity contribution in [1.29, 1.82) is 0 Å². The molecule has 1 rings (SSSR count). The van der Waals surface area contributed by atoms with Gasteiger partial charge in [-0.15, -0.1) is 0 Å². The molecule has 0 saturated carbocycles. The number of aryl methyl sites for hydroxylation is 1. The van der Waals surface area contributed by atoms with Gasteiger partial charge in [-0.3, -0.25) is 0 Å². The van der Waals surface area contributed by atoms with Crippen molar-refractivity contribution in [3.63, 3.8) is 0 Å². The minimum absolute atomic E-state index is 0.0492. The van der Waals surface area contributed by atoms with E-state index in [1.54, 1.807) is 12.1 Å². The molecule has 21 heavy (non-hydrogen) atoms. The van der Waals surface area contributed by atoms with Crippen molar-refractivity contribution in [3.05, 3.63) is 29.3 Å². The molecule has 0 fully saturated rings. The lowest BCUT2D eigenvalue weighted by Crippen LogP contribution is -2.29. The first-order valence-electron chi connectivity index (χ1n) is 6.08. The molecule has 0 aromatic heterocycles. The molecule has 5 N–H and O–H groups in total. The highest BCUT2D eigenvalue weighted by atomic mass is 32.2. The maximum absolute atomic E-state index is 12.2. The third-order valence-electron chi connectivity index (χ3n) is 2.39. The number of nitrogens with two attached hydrogens (primary N) is 2. The number of sulfonamides is 1. The van der Waals surface area contributed by atoms with Crippen molar-refractivity contribution in [2.45, 2.75) is 11.8 Å². The lowest BCUT2D eigenvalue weighted by Gasteiger charge is -2.09. The van der Waals surface area contributed by atoms with E-state index < -0.39 is 16.1 Å². The summed E-state index contributed by atoms with van der Waals surface area (Å²) in [5, 5.41) is 0. The second-order valence-corrected chi connectivity index (χ2v) is 5.81. The normalized spacial score (nSPS) is 10.6. The van der Waals surface area contributed by atoms with Gasteiger partial charge in [0.1, 0.15) is 6.61 Å². The number of amides is 1. The number of ether oxygens (including phenoxy) is 1. The predicted octanol–water partition coefficient (Wildman–Crippen LogP) is -0.321. The molecule has 0 aliphatic heterocycles. The first-order chi connectivity index (χ1) is 9.86. The Morgan fingerprint density at radius 3 is 2.76 bits per heavy atom. The van der Waals surface area contributed by atoms with Gasteiger partial charge in [0.25, 0.3) is 0 Å². The van der Waals surface area contributed by atoms with Crippen molar-refractivity contribution in [3.8, 4) is 11.8 Å². The van der Waals surface area contributed by atoms with E-state index in [-0.39, 0.29) is 24.6 Å². The van der Waals surface area contributed by atoms with E-state index in [0.29, 0.717) is 5.56 Å². The molecule has 7 nitrogen and oxygen atoms in total. The Bertz CT molecular complexity index is 674.